The molecular formula is C15H22ClN3. The van der Waals surface area contributed by atoms with Gasteiger partial charge in [0.05, 0.1) is 5.69 Å². The average Bonchev–Trinajstić information content (AvgIpc) is 2.39. The second-order valence-electron chi connectivity index (χ2n) is 5.91. The van der Waals surface area contributed by atoms with Crippen LogP contribution in [0, 0.1) is 0 Å². The lowest BCUT2D eigenvalue weighted by Gasteiger charge is -2.46. The van der Waals surface area contributed by atoms with E-state index in [1.807, 2.05) is 6.07 Å². The number of hydrogen-bond acceptors (Lipinski definition) is 3. The zero-order chi connectivity index (χ0) is 13.4. The molecule has 2 heterocycles. The van der Waals surface area contributed by atoms with Crippen LogP contribution in [0.3, 0.4) is 0 Å². The van der Waals surface area contributed by atoms with Gasteiger partial charge < -0.3 is 9.80 Å². The van der Waals surface area contributed by atoms with E-state index in [0.29, 0.717) is 17.2 Å². The van der Waals surface area contributed by atoms with Crippen LogP contribution in [0.25, 0.3) is 0 Å². The van der Waals surface area contributed by atoms with Crippen molar-refractivity contribution in [1.82, 2.24) is 4.98 Å². The van der Waals surface area contributed by atoms with Crippen LogP contribution in [-0.4, -0.2) is 30.7 Å². The Kier molecular flexibility index (Phi) is 3.57. The van der Waals surface area contributed by atoms with Gasteiger partial charge in [-0.05, 0) is 31.9 Å². The minimum absolute atomic E-state index is 0.506. The van der Waals surface area contributed by atoms with Gasteiger partial charge in [-0.15, -0.1) is 0 Å². The molecule has 1 saturated carbocycles. The minimum atomic E-state index is 0.506. The van der Waals surface area contributed by atoms with Gasteiger partial charge >= 0.3 is 0 Å². The van der Waals surface area contributed by atoms with Crippen molar-refractivity contribution in [2.45, 2.75) is 51.1 Å². The van der Waals surface area contributed by atoms with E-state index in [1.54, 1.807) is 0 Å². The van der Waals surface area contributed by atoms with Gasteiger partial charge in [0.1, 0.15) is 5.15 Å². The molecule has 19 heavy (non-hydrogen) atoms. The Morgan fingerprint density at radius 2 is 1.95 bits per heavy atom. The lowest BCUT2D eigenvalue weighted by Crippen LogP contribution is -2.52. The maximum Gasteiger partial charge on any atom is 0.154 e. The summed E-state index contributed by atoms with van der Waals surface area (Å²) >= 11 is 6.12. The van der Waals surface area contributed by atoms with E-state index in [1.165, 1.54) is 37.8 Å². The molecule has 0 spiro atoms. The molecule has 0 bridgehead atoms. The summed E-state index contributed by atoms with van der Waals surface area (Å²) in [5.41, 5.74) is 1.22. The number of rotatable bonds is 1. The maximum atomic E-state index is 6.12. The predicted octanol–water partition coefficient (Wildman–Crippen LogP) is 3.71. The number of pyridine rings is 1. The number of anilines is 2. The van der Waals surface area contributed by atoms with Crippen LogP contribution in [0.2, 0.25) is 5.15 Å². The quantitative estimate of drug-likeness (QED) is 0.731. The van der Waals surface area contributed by atoms with Gasteiger partial charge in [0.15, 0.2) is 5.82 Å². The molecule has 0 N–H and O–H groups in total. The van der Waals surface area contributed by atoms with Crippen LogP contribution in [0.4, 0.5) is 11.5 Å². The lowest BCUT2D eigenvalue weighted by atomic mass is 9.92. The number of halogens is 1. The zero-order valence-electron chi connectivity index (χ0n) is 11.8. The Morgan fingerprint density at radius 3 is 2.68 bits per heavy atom. The molecule has 1 aliphatic carbocycles. The highest BCUT2D eigenvalue weighted by atomic mass is 35.5. The molecule has 0 amide bonds. The van der Waals surface area contributed by atoms with Gasteiger partial charge in [0, 0.05) is 25.7 Å². The van der Waals surface area contributed by atoms with Gasteiger partial charge in [-0.3, -0.25) is 0 Å². The van der Waals surface area contributed by atoms with Crippen LogP contribution in [0.1, 0.15) is 39.0 Å². The molecule has 104 valence electrons. The Hall–Kier alpha value is -0.960. The van der Waals surface area contributed by atoms with Crippen LogP contribution in [0.5, 0.6) is 0 Å². The van der Waals surface area contributed by atoms with Crippen molar-refractivity contribution >= 4 is 23.1 Å². The number of fused-ring (bicyclic) bond motifs is 1. The maximum absolute atomic E-state index is 6.12. The molecule has 0 saturated heterocycles. The summed E-state index contributed by atoms with van der Waals surface area (Å²) in [5, 5.41) is 0.599. The zero-order valence-corrected chi connectivity index (χ0v) is 12.5. The van der Waals surface area contributed by atoms with Crippen LogP contribution < -0.4 is 9.80 Å². The summed E-state index contributed by atoms with van der Waals surface area (Å²) in [6.07, 6.45) is 6.66. The summed E-state index contributed by atoms with van der Waals surface area (Å²) < 4.78 is 0. The smallest absolute Gasteiger partial charge is 0.154 e. The van der Waals surface area contributed by atoms with E-state index in [9.17, 15) is 0 Å². The molecule has 1 fully saturated rings. The molecule has 1 aliphatic heterocycles. The van der Waals surface area contributed by atoms with Crippen LogP contribution >= 0.6 is 11.6 Å². The molecule has 3 rings (SSSR count). The Balaban J connectivity index is 1.99. The second-order valence-corrected chi connectivity index (χ2v) is 6.29. The summed E-state index contributed by atoms with van der Waals surface area (Å²) in [7, 11) is 2.14. The van der Waals surface area contributed by atoms with Gasteiger partial charge in [0.25, 0.3) is 0 Å². The van der Waals surface area contributed by atoms with Crippen molar-refractivity contribution in [2.75, 3.05) is 23.4 Å². The molecule has 1 atom stereocenters. The van der Waals surface area contributed by atoms with E-state index in [4.69, 9.17) is 11.6 Å². The van der Waals surface area contributed by atoms with Crippen molar-refractivity contribution in [1.29, 1.82) is 0 Å². The fourth-order valence-corrected chi connectivity index (χ4v) is 3.73. The molecule has 0 unspecified atom stereocenters. The number of nitrogens with zero attached hydrogens (tertiary/aromatic N) is 3. The molecule has 1 aromatic rings. The van der Waals surface area contributed by atoms with Crippen molar-refractivity contribution in [3.63, 3.8) is 0 Å². The summed E-state index contributed by atoms with van der Waals surface area (Å²) in [5.74, 6) is 1.08. The monoisotopic (exact) mass is 279 g/mol. The molecule has 2 aliphatic rings. The van der Waals surface area contributed by atoms with E-state index < -0.39 is 0 Å². The van der Waals surface area contributed by atoms with Gasteiger partial charge in [0.2, 0.25) is 0 Å². The van der Waals surface area contributed by atoms with Crippen molar-refractivity contribution in [3.05, 3.63) is 17.3 Å². The molecule has 4 heteroatoms. The normalized spacial score (nSPS) is 24.5. The Labute approximate surface area is 120 Å². The van der Waals surface area contributed by atoms with E-state index in [-0.39, 0.29) is 0 Å². The third kappa shape index (κ3) is 2.40. The first-order valence-corrected chi connectivity index (χ1v) is 7.70. The molecular weight excluding hydrogens is 258 g/mol. The first kappa shape index (κ1) is 13.0. The summed E-state index contributed by atoms with van der Waals surface area (Å²) in [4.78, 5) is 9.44. The summed E-state index contributed by atoms with van der Waals surface area (Å²) in [6, 6.07) is 5.15. The molecule has 1 aromatic heterocycles. The highest BCUT2D eigenvalue weighted by Crippen LogP contribution is 2.38. The second kappa shape index (κ2) is 5.20. The van der Waals surface area contributed by atoms with Crippen molar-refractivity contribution in [2.24, 2.45) is 0 Å². The van der Waals surface area contributed by atoms with Gasteiger partial charge in [-0.2, -0.15) is 0 Å². The molecule has 3 nitrogen and oxygen atoms in total. The van der Waals surface area contributed by atoms with Gasteiger partial charge in [-0.25, -0.2) is 4.98 Å². The predicted molar refractivity (Wildman–Crippen MR) is 81.3 cm³/mol. The van der Waals surface area contributed by atoms with Gasteiger partial charge in [-0.1, -0.05) is 30.9 Å². The van der Waals surface area contributed by atoms with E-state index in [2.05, 4.69) is 34.8 Å². The highest BCUT2D eigenvalue weighted by molar-refractivity contribution is 6.29. The number of aromatic nitrogens is 1. The summed E-state index contributed by atoms with van der Waals surface area (Å²) in [6.45, 7) is 3.36. The number of hydrogen-bond donors (Lipinski definition) is 0. The fraction of sp³-hybridized carbons (Fsp3) is 0.667. The first-order valence-electron chi connectivity index (χ1n) is 7.33. The number of likely N-dealkylation sites (N-methyl/N-ethyl adjacent to an activating group) is 1. The topological polar surface area (TPSA) is 19.4 Å². The standard InChI is InChI=1S/C15H22ClN3/c1-11-10-18(2)13-8-9-14(16)17-15(13)19(11)12-6-4-3-5-7-12/h8-9,11-12H,3-7,10H2,1-2H3/t11-/m1/s1. The van der Waals surface area contributed by atoms with Crippen molar-refractivity contribution in [3.8, 4) is 0 Å². The van der Waals surface area contributed by atoms with Crippen LogP contribution in [0.15, 0.2) is 12.1 Å². The van der Waals surface area contributed by atoms with Crippen molar-refractivity contribution < 1.29 is 0 Å². The SMILES string of the molecule is C[C@@H]1CN(C)c2ccc(Cl)nc2N1C1CCCCC1. The molecule has 0 aromatic carbocycles. The Bertz CT molecular complexity index is 457. The molecule has 0 radical (unpaired) electrons. The lowest BCUT2D eigenvalue weighted by molar-refractivity contribution is 0.386. The first-order chi connectivity index (χ1) is 9.16. The highest BCUT2D eigenvalue weighted by Gasteiger charge is 2.33. The Morgan fingerprint density at radius 1 is 1.21 bits per heavy atom. The fourth-order valence-electron chi connectivity index (χ4n) is 3.59. The van der Waals surface area contributed by atoms with E-state index >= 15 is 0 Å². The van der Waals surface area contributed by atoms with Crippen LogP contribution in [-0.2, 0) is 0 Å². The van der Waals surface area contributed by atoms with E-state index in [0.717, 1.165) is 12.4 Å². The largest absolute Gasteiger partial charge is 0.370 e. The third-order valence-electron chi connectivity index (χ3n) is 4.46. The minimum Gasteiger partial charge on any atom is -0.370 e. The average molecular weight is 280 g/mol. The third-order valence-corrected chi connectivity index (χ3v) is 4.67.